The Bertz CT molecular complexity index is 471. The molecule has 2 aromatic rings. The lowest BCUT2D eigenvalue weighted by Gasteiger charge is -2.12. The number of anilines is 1. The minimum Gasteiger partial charge on any atom is -0.330 e. The molecular formula is C11H12N4OS. The fraction of sp³-hybridized carbons (Fsp3) is 0.182. The second-order valence-corrected chi connectivity index (χ2v) is 4.41. The third-order valence-electron chi connectivity index (χ3n) is 2.14. The maximum atomic E-state index is 11.6. The van der Waals surface area contributed by atoms with E-state index in [-0.39, 0.29) is 12.1 Å². The molecule has 0 bridgehead atoms. The van der Waals surface area contributed by atoms with Crippen LogP contribution in [0.1, 0.15) is 17.8 Å². The van der Waals surface area contributed by atoms with Gasteiger partial charge in [-0.25, -0.2) is 14.8 Å². The largest absolute Gasteiger partial charge is 0.330 e. The molecule has 0 aliphatic carbocycles. The molecule has 2 amide bonds. The number of nitrogens with zero attached hydrogens (tertiary/aromatic N) is 2. The number of nitrogens with one attached hydrogen (secondary N) is 2. The topological polar surface area (TPSA) is 66.9 Å². The van der Waals surface area contributed by atoms with Crippen molar-refractivity contribution in [3.8, 4) is 0 Å². The highest BCUT2D eigenvalue weighted by Gasteiger charge is 2.10. The van der Waals surface area contributed by atoms with E-state index in [1.165, 1.54) is 6.33 Å². The van der Waals surface area contributed by atoms with Gasteiger partial charge in [0.1, 0.15) is 12.1 Å². The van der Waals surface area contributed by atoms with Crippen LogP contribution in [0.4, 0.5) is 10.6 Å². The number of amides is 2. The Morgan fingerprint density at radius 1 is 1.47 bits per heavy atom. The van der Waals surface area contributed by atoms with E-state index in [1.807, 2.05) is 24.4 Å². The van der Waals surface area contributed by atoms with Crippen LogP contribution >= 0.6 is 11.3 Å². The second kappa shape index (κ2) is 5.40. The Kier molecular flexibility index (Phi) is 3.66. The summed E-state index contributed by atoms with van der Waals surface area (Å²) in [6.45, 7) is 1.94. The summed E-state index contributed by atoms with van der Waals surface area (Å²) in [5.74, 6) is 0.482. The molecule has 2 heterocycles. The van der Waals surface area contributed by atoms with Crippen molar-refractivity contribution in [1.29, 1.82) is 0 Å². The first kappa shape index (κ1) is 11.5. The fourth-order valence-corrected chi connectivity index (χ4v) is 2.06. The predicted octanol–water partition coefficient (Wildman–Crippen LogP) is 2.42. The van der Waals surface area contributed by atoms with E-state index in [0.717, 1.165) is 4.88 Å². The number of hydrogen-bond acceptors (Lipinski definition) is 4. The van der Waals surface area contributed by atoms with Gasteiger partial charge in [0.25, 0.3) is 0 Å². The molecule has 17 heavy (non-hydrogen) atoms. The van der Waals surface area contributed by atoms with Gasteiger partial charge in [-0.1, -0.05) is 6.07 Å². The van der Waals surface area contributed by atoms with Gasteiger partial charge in [-0.2, -0.15) is 0 Å². The molecule has 2 aromatic heterocycles. The highest BCUT2D eigenvalue weighted by molar-refractivity contribution is 7.10. The van der Waals surface area contributed by atoms with E-state index in [9.17, 15) is 4.79 Å². The monoisotopic (exact) mass is 248 g/mol. The summed E-state index contributed by atoms with van der Waals surface area (Å²) in [5.41, 5.74) is 0. The minimum atomic E-state index is -0.274. The Balaban J connectivity index is 1.90. The standard InChI is InChI=1S/C11H12N4OS/c1-8(9-3-2-6-17-9)14-11(16)15-10-4-5-12-7-13-10/h2-8H,1H3,(H2,12,13,14,15,16)/t8-/m1/s1. The first-order chi connectivity index (χ1) is 8.25. The SMILES string of the molecule is C[C@@H](NC(=O)Nc1ccncn1)c1cccs1. The van der Waals surface area contributed by atoms with Crippen LogP contribution in [0.5, 0.6) is 0 Å². The van der Waals surface area contributed by atoms with Gasteiger partial charge in [0.05, 0.1) is 6.04 Å². The quantitative estimate of drug-likeness (QED) is 0.876. The smallest absolute Gasteiger partial charge is 0.320 e. The molecule has 0 aliphatic rings. The first-order valence-corrected chi connectivity index (χ1v) is 6.00. The van der Waals surface area contributed by atoms with E-state index in [2.05, 4.69) is 20.6 Å². The number of urea groups is 1. The van der Waals surface area contributed by atoms with Gasteiger partial charge in [-0.3, -0.25) is 5.32 Å². The average Bonchev–Trinajstić information content (AvgIpc) is 2.83. The van der Waals surface area contributed by atoms with Crippen LogP contribution < -0.4 is 10.6 Å². The van der Waals surface area contributed by atoms with E-state index >= 15 is 0 Å². The average molecular weight is 248 g/mol. The molecule has 0 saturated heterocycles. The zero-order valence-corrected chi connectivity index (χ0v) is 10.1. The van der Waals surface area contributed by atoms with Crippen molar-refractivity contribution in [3.05, 3.63) is 41.0 Å². The summed E-state index contributed by atoms with van der Waals surface area (Å²) >= 11 is 1.61. The highest BCUT2D eigenvalue weighted by Crippen LogP contribution is 2.17. The summed E-state index contributed by atoms with van der Waals surface area (Å²) < 4.78 is 0. The third kappa shape index (κ3) is 3.25. The summed E-state index contributed by atoms with van der Waals surface area (Å²) in [7, 11) is 0. The predicted molar refractivity (Wildman–Crippen MR) is 66.9 cm³/mol. The number of rotatable bonds is 3. The van der Waals surface area contributed by atoms with Crippen LogP contribution in [0.2, 0.25) is 0 Å². The van der Waals surface area contributed by atoms with Crippen molar-refractivity contribution in [3.63, 3.8) is 0 Å². The number of thiophene rings is 1. The lowest BCUT2D eigenvalue weighted by molar-refractivity contribution is 0.249. The van der Waals surface area contributed by atoms with E-state index in [4.69, 9.17) is 0 Å². The molecule has 0 saturated carbocycles. The van der Waals surface area contributed by atoms with Crippen molar-refractivity contribution < 1.29 is 4.79 Å². The lowest BCUT2D eigenvalue weighted by Crippen LogP contribution is -2.31. The van der Waals surface area contributed by atoms with Crippen molar-refractivity contribution in [2.24, 2.45) is 0 Å². The van der Waals surface area contributed by atoms with Crippen LogP contribution in [0, 0.1) is 0 Å². The van der Waals surface area contributed by atoms with Crippen LogP contribution in [-0.4, -0.2) is 16.0 Å². The summed E-state index contributed by atoms with van der Waals surface area (Å²) in [6.07, 6.45) is 2.96. The van der Waals surface area contributed by atoms with Crippen LogP contribution in [-0.2, 0) is 0 Å². The zero-order chi connectivity index (χ0) is 12.1. The van der Waals surface area contributed by atoms with Crippen molar-refractivity contribution in [2.45, 2.75) is 13.0 Å². The molecule has 0 fully saturated rings. The number of hydrogen-bond donors (Lipinski definition) is 2. The molecule has 1 atom stereocenters. The van der Waals surface area contributed by atoms with Gasteiger partial charge in [0, 0.05) is 11.1 Å². The molecule has 2 rings (SSSR count). The van der Waals surface area contributed by atoms with Gasteiger partial charge >= 0.3 is 6.03 Å². The Labute approximate surface area is 103 Å². The number of carbonyl (C=O) groups excluding carboxylic acids is 1. The third-order valence-corrected chi connectivity index (χ3v) is 3.20. The van der Waals surface area contributed by atoms with Crippen LogP contribution in [0.25, 0.3) is 0 Å². The molecule has 0 radical (unpaired) electrons. The van der Waals surface area contributed by atoms with Crippen LogP contribution in [0.3, 0.4) is 0 Å². The fourth-order valence-electron chi connectivity index (χ4n) is 1.32. The maximum Gasteiger partial charge on any atom is 0.320 e. The minimum absolute atomic E-state index is 0.0168. The summed E-state index contributed by atoms with van der Waals surface area (Å²) in [6, 6.07) is 5.29. The lowest BCUT2D eigenvalue weighted by atomic mass is 10.3. The summed E-state index contributed by atoms with van der Waals surface area (Å²) in [5, 5.41) is 7.45. The zero-order valence-electron chi connectivity index (χ0n) is 9.25. The van der Waals surface area contributed by atoms with E-state index < -0.39 is 0 Å². The number of aromatic nitrogens is 2. The molecule has 0 aliphatic heterocycles. The van der Waals surface area contributed by atoms with Crippen molar-refractivity contribution in [2.75, 3.05) is 5.32 Å². The van der Waals surface area contributed by atoms with Crippen LogP contribution in [0.15, 0.2) is 36.1 Å². The maximum absolute atomic E-state index is 11.6. The highest BCUT2D eigenvalue weighted by atomic mass is 32.1. The molecule has 6 heteroatoms. The molecule has 0 unspecified atom stereocenters. The normalized spacial score (nSPS) is 11.8. The van der Waals surface area contributed by atoms with E-state index in [0.29, 0.717) is 5.82 Å². The first-order valence-electron chi connectivity index (χ1n) is 5.12. The molecule has 0 spiro atoms. The van der Waals surface area contributed by atoms with Gasteiger partial charge in [-0.15, -0.1) is 11.3 Å². The van der Waals surface area contributed by atoms with Crippen molar-refractivity contribution in [1.82, 2.24) is 15.3 Å². The Hall–Kier alpha value is -1.95. The number of carbonyl (C=O) groups is 1. The van der Waals surface area contributed by atoms with Gasteiger partial charge in [-0.05, 0) is 24.4 Å². The molecule has 88 valence electrons. The molecule has 2 N–H and O–H groups in total. The molecular weight excluding hydrogens is 236 g/mol. The van der Waals surface area contributed by atoms with Gasteiger partial charge < -0.3 is 5.32 Å². The summed E-state index contributed by atoms with van der Waals surface area (Å²) in [4.78, 5) is 20.4. The second-order valence-electron chi connectivity index (χ2n) is 3.43. The van der Waals surface area contributed by atoms with Gasteiger partial charge in [0.15, 0.2) is 0 Å². The van der Waals surface area contributed by atoms with Crippen molar-refractivity contribution >= 4 is 23.2 Å². The Morgan fingerprint density at radius 3 is 3.00 bits per heavy atom. The van der Waals surface area contributed by atoms with Gasteiger partial charge in [0.2, 0.25) is 0 Å². The molecule has 5 nitrogen and oxygen atoms in total. The molecule has 0 aromatic carbocycles. The Morgan fingerprint density at radius 2 is 2.35 bits per heavy atom. The van der Waals surface area contributed by atoms with E-state index in [1.54, 1.807) is 23.6 Å².